The third kappa shape index (κ3) is 5.67. The molecule has 2 N–H and O–H groups in total. The molecule has 1 amide bonds. The number of amides is 1. The van der Waals surface area contributed by atoms with Crippen LogP contribution in [-0.2, 0) is 10.0 Å². The van der Waals surface area contributed by atoms with Crippen LogP contribution in [0.1, 0.15) is 59.7 Å². The monoisotopic (exact) mass is 414 g/mol. The van der Waals surface area contributed by atoms with Gasteiger partial charge in [-0.2, -0.15) is 0 Å². The lowest BCUT2D eigenvalue weighted by atomic mass is 9.89. The Kier molecular flexibility index (Phi) is 6.69. The molecule has 0 saturated heterocycles. The molecule has 2 aromatic rings. The van der Waals surface area contributed by atoms with Crippen LogP contribution in [0.5, 0.6) is 0 Å². The largest absolute Gasteiger partial charge is 0.352 e. The van der Waals surface area contributed by atoms with Crippen molar-refractivity contribution in [3.05, 3.63) is 59.7 Å². The van der Waals surface area contributed by atoms with Gasteiger partial charge in [0.2, 0.25) is 0 Å². The summed E-state index contributed by atoms with van der Waals surface area (Å²) in [5.74, 6) is 0.275. The van der Waals surface area contributed by atoms with Crippen molar-refractivity contribution in [1.29, 1.82) is 0 Å². The minimum Gasteiger partial charge on any atom is -0.352 e. The first-order chi connectivity index (χ1) is 13.8. The van der Waals surface area contributed by atoms with Gasteiger partial charge in [0.1, 0.15) is 0 Å². The third-order valence-electron chi connectivity index (χ3n) is 5.25. The average Bonchev–Trinajstić information content (AvgIpc) is 2.73. The molecule has 1 fully saturated rings. The average molecular weight is 415 g/mol. The Hall–Kier alpha value is -2.67. The van der Waals surface area contributed by atoms with Gasteiger partial charge in [0, 0.05) is 23.4 Å². The Morgan fingerprint density at radius 2 is 1.48 bits per heavy atom. The van der Waals surface area contributed by atoms with Crippen LogP contribution in [-0.4, -0.2) is 26.7 Å². The first kappa shape index (κ1) is 21.0. The van der Waals surface area contributed by atoms with Crippen molar-refractivity contribution in [2.24, 2.45) is 5.92 Å². The molecular weight excluding hydrogens is 388 g/mol. The number of anilines is 1. The predicted molar refractivity (Wildman–Crippen MR) is 113 cm³/mol. The van der Waals surface area contributed by atoms with E-state index in [0.29, 0.717) is 29.3 Å². The number of sulfonamides is 1. The lowest BCUT2D eigenvalue weighted by Crippen LogP contribution is -2.30. The Morgan fingerprint density at radius 3 is 2.07 bits per heavy atom. The fourth-order valence-corrected chi connectivity index (χ4v) is 4.56. The van der Waals surface area contributed by atoms with Crippen molar-refractivity contribution in [2.45, 2.75) is 43.9 Å². The van der Waals surface area contributed by atoms with Gasteiger partial charge in [0.15, 0.2) is 5.78 Å². The van der Waals surface area contributed by atoms with E-state index in [2.05, 4.69) is 10.0 Å². The van der Waals surface area contributed by atoms with E-state index in [0.717, 1.165) is 12.8 Å². The first-order valence-electron chi connectivity index (χ1n) is 9.87. The smallest absolute Gasteiger partial charge is 0.261 e. The number of nitrogens with one attached hydrogen (secondary N) is 2. The maximum absolute atomic E-state index is 12.5. The molecule has 7 heteroatoms. The van der Waals surface area contributed by atoms with Crippen LogP contribution in [0.3, 0.4) is 0 Å². The van der Waals surface area contributed by atoms with E-state index in [1.807, 2.05) is 0 Å². The van der Waals surface area contributed by atoms with Gasteiger partial charge in [-0.3, -0.25) is 14.3 Å². The number of carbonyl (C=O) groups excluding carboxylic acids is 2. The molecule has 3 rings (SSSR count). The molecule has 29 heavy (non-hydrogen) atoms. The Morgan fingerprint density at radius 1 is 0.897 bits per heavy atom. The zero-order chi connectivity index (χ0) is 20.9. The highest BCUT2D eigenvalue weighted by molar-refractivity contribution is 7.92. The molecule has 2 aromatic carbocycles. The minimum atomic E-state index is -3.78. The summed E-state index contributed by atoms with van der Waals surface area (Å²) in [7, 11) is -3.78. The van der Waals surface area contributed by atoms with Crippen molar-refractivity contribution in [3.8, 4) is 0 Å². The summed E-state index contributed by atoms with van der Waals surface area (Å²) < 4.78 is 27.5. The molecule has 6 nitrogen and oxygen atoms in total. The summed E-state index contributed by atoms with van der Waals surface area (Å²) in [6, 6.07) is 12.1. The molecule has 0 spiro atoms. The molecule has 0 heterocycles. The molecule has 0 radical (unpaired) electrons. The topological polar surface area (TPSA) is 92.3 Å². The Balaban J connectivity index is 1.60. The van der Waals surface area contributed by atoms with Crippen LogP contribution in [0.2, 0.25) is 0 Å². The summed E-state index contributed by atoms with van der Waals surface area (Å²) in [4.78, 5) is 23.7. The van der Waals surface area contributed by atoms with E-state index in [1.54, 1.807) is 24.3 Å². The summed E-state index contributed by atoms with van der Waals surface area (Å²) >= 11 is 0. The third-order valence-corrected chi connectivity index (χ3v) is 6.64. The fourth-order valence-electron chi connectivity index (χ4n) is 3.50. The number of rotatable bonds is 7. The lowest BCUT2D eigenvalue weighted by molar-refractivity contribution is 0.0942. The fraction of sp³-hybridized carbons (Fsp3) is 0.364. The van der Waals surface area contributed by atoms with Crippen molar-refractivity contribution in [1.82, 2.24) is 5.32 Å². The molecule has 0 unspecified atom stereocenters. The van der Waals surface area contributed by atoms with E-state index in [-0.39, 0.29) is 16.6 Å². The molecule has 1 aliphatic carbocycles. The number of carbonyl (C=O) groups is 2. The first-order valence-corrected chi connectivity index (χ1v) is 11.4. The maximum atomic E-state index is 12.5. The lowest BCUT2D eigenvalue weighted by Gasteiger charge is -2.21. The van der Waals surface area contributed by atoms with Gasteiger partial charge in [-0.1, -0.05) is 31.4 Å². The molecular formula is C22H26N2O4S. The number of ketones is 1. The molecule has 0 bridgehead atoms. The second-order valence-corrected chi connectivity index (χ2v) is 9.16. The Bertz CT molecular complexity index is 961. The number of benzene rings is 2. The number of hydrogen-bond acceptors (Lipinski definition) is 4. The van der Waals surface area contributed by atoms with Crippen molar-refractivity contribution >= 4 is 27.4 Å². The SMILES string of the molecule is CC(=O)c1ccc(S(=O)(=O)Nc2ccc(C(=O)NCC3CCCCC3)cc2)cc1. The van der Waals surface area contributed by atoms with Gasteiger partial charge in [0.25, 0.3) is 15.9 Å². The van der Waals surface area contributed by atoms with Gasteiger partial charge in [0.05, 0.1) is 4.90 Å². The summed E-state index contributed by atoms with van der Waals surface area (Å²) in [6.07, 6.45) is 6.06. The standard InChI is InChI=1S/C22H26N2O4S/c1-16(25)18-9-13-21(14-10-18)29(27,28)24-20-11-7-19(8-12-20)22(26)23-15-17-5-3-2-4-6-17/h7-14,17,24H,2-6,15H2,1H3,(H,23,26). The molecule has 0 aliphatic heterocycles. The second-order valence-electron chi connectivity index (χ2n) is 7.48. The quantitative estimate of drug-likeness (QED) is 0.670. The summed E-state index contributed by atoms with van der Waals surface area (Å²) in [5, 5.41) is 2.97. The second kappa shape index (κ2) is 9.22. The predicted octanol–water partition coefficient (Wildman–Crippen LogP) is 4.00. The molecule has 1 aliphatic rings. The van der Waals surface area contributed by atoms with Gasteiger partial charge < -0.3 is 5.32 Å². The molecule has 0 aromatic heterocycles. The zero-order valence-corrected chi connectivity index (χ0v) is 17.3. The van der Waals surface area contributed by atoms with Crippen molar-refractivity contribution in [2.75, 3.05) is 11.3 Å². The van der Waals surface area contributed by atoms with Gasteiger partial charge >= 0.3 is 0 Å². The van der Waals surface area contributed by atoms with E-state index in [1.165, 1.54) is 50.5 Å². The van der Waals surface area contributed by atoms with Gasteiger partial charge in [-0.25, -0.2) is 8.42 Å². The van der Waals surface area contributed by atoms with Crippen LogP contribution in [0.15, 0.2) is 53.4 Å². The van der Waals surface area contributed by atoms with Crippen LogP contribution in [0.4, 0.5) is 5.69 Å². The van der Waals surface area contributed by atoms with Crippen LogP contribution >= 0.6 is 0 Å². The van der Waals surface area contributed by atoms with Crippen LogP contribution < -0.4 is 10.0 Å². The van der Waals surface area contributed by atoms with Gasteiger partial charge in [-0.05, 0) is 62.1 Å². The van der Waals surface area contributed by atoms with Crippen molar-refractivity contribution < 1.29 is 18.0 Å². The van der Waals surface area contributed by atoms with Crippen LogP contribution in [0, 0.1) is 5.92 Å². The van der Waals surface area contributed by atoms with E-state index in [4.69, 9.17) is 0 Å². The normalized spacial score (nSPS) is 14.9. The summed E-state index contributed by atoms with van der Waals surface area (Å²) in [5.41, 5.74) is 1.31. The van der Waals surface area contributed by atoms with Crippen LogP contribution in [0.25, 0.3) is 0 Å². The van der Waals surface area contributed by atoms with E-state index in [9.17, 15) is 18.0 Å². The Labute approximate surface area is 171 Å². The van der Waals surface area contributed by atoms with E-state index < -0.39 is 10.0 Å². The highest BCUT2D eigenvalue weighted by Crippen LogP contribution is 2.23. The molecule has 154 valence electrons. The number of hydrogen-bond donors (Lipinski definition) is 2. The molecule has 0 atom stereocenters. The molecule has 1 saturated carbocycles. The summed E-state index contributed by atoms with van der Waals surface area (Å²) in [6.45, 7) is 2.11. The highest BCUT2D eigenvalue weighted by atomic mass is 32.2. The highest BCUT2D eigenvalue weighted by Gasteiger charge is 2.16. The van der Waals surface area contributed by atoms with E-state index >= 15 is 0 Å². The van der Waals surface area contributed by atoms with Crippen molar-refractivity contribution in [3.63, 3.8) is 0 Å². The van der Waals surface area contributed by atoms with Gasteiger partial charge in [-0.15, -0.1) is 0 Å². The zero-order valence-electron chi connectivity index (χ0n) is 16.5. The minimum absolute atomic E-state index is 0.0665. The number of Topliss-reactive ketones (excluding diaryl/α,β-unsaturated/α-hetero) is 1. The maximum Gasteiger partial charge on any atom is 0.261 e.